The van der Waals surface area contributed by atoms with Crippen LogP contribution in [0.15, 0.2) is 18.3 Å². The van der Waals surface area contributed by atoms with Crippen molar-refractivity contribution >= 4 is 17.6 Å². The maximum absolute atomic E-state index is 5.23. The molecular formula is C11H16N2OS. The zero-order valence-corrected chi connectivity index (χ0v) is 9.93. The molecule has 0 atom stereocenters. The van der Waals surface area contributed by atoms with E-state index in [0.29, 0.717) is 4.75 Å². The molecule has 0 unspecified atom stereocenters. The number of hydrogen-bond donors (Lipinski definition) is 1. The number of rotatable bonds is 5. The van der Waals surface area contributed by atoms with Crippen LogP contribution in [-0.2, 0) is 0 Å². The van der Waals surface area contributed by atoms with E-state index in [2.05, 4.69) is 16.6 Å². The molecule has 0 saturated heterocycles. The fourth-order valence-corrected chi connectivity index (χ4v) is 2.25. The molecule has 1 heterocycles. The first-order valence-electron chi connectivity index (χ1n) is 5.08. The van der Waals surface area contributed by atoms with Crippen molar-refractivity contribution in [2.75, 3.05) is 25.2 Å². The second-order valence-electron chi connectivity index (χ2n) is 3.79. The first-order valence-corrected chi connectivity index (χ1v) is 6.30. The number of thioether (sulfide) groups is 1. The molecule has 1 aromatic heterocycles. The second-order valence-corrected chi connectivity index (χ2v) is 5.07. The number of hydrogen-bond acceptors (Lipinski definition) is 4. The van der Waals surface area contributed by atoms with Gasteiger partial charge < -0.3 is 10.1 Å². The van der Waals surface area contributed by atoms with Gasteiger partial charge in [0, 0.05) is 17.5 Å². The van der Waals surface area contributed by atoms with Crippen LogP contribution < -0.4 is 10.1 Å². The zero-order valence-electron chi connectivity index (χ0n) is 9.12. The number of anilines is 1. The van der Waals surface area contributed by atoms with Gasteiger partial charge in [0.25, 0.3) is 0 Å². The Bertz CT molecular complexity index is 339. The summed E-state index contributed by atoms with van der Waals surface area (Å²) in [6, 6.07) is 3.81. The molecule has 82 valence electrons. The van der Waals surface area contributed by atoms with Crippen LogP contribution in [0, 0.1) is 0 Å². The normalized spacial score (nSPS) is 17.2. The van der Waals surface area contributed by atoms with E-state index in [1.165, 1.54) is 12.8 Å². The molecule has 1 aromatic rings. The van der Waals surface area contributed by atoms with Crippen molar-refractivity contribution in [3.8, 4) is 5.75 Å². The Morgan fingerprint density at radius 2 is 2.40 bits per heavy atom. The fraction of sp³-hybridized carbons (Fsp3) is 0.545. The summed E-state index contributed by atoms with van der Waals surface area (Å²) in [6.07, 6.45) is 6.56. The van der Waals surface area contributed by atoms with Crippen molar-refractivity contribution in [2.24, 2.45) is 0 Å². The van der Waals surface area contributed by atoms with Gasteiger partial charge in [-0.3, -0.25) is 0 Å². The predicted molar refractivity (Wildman–Crippen MR) is 64.8 cm³/mol. The molecule has 1 saturated carbocycles. The molecule has 1 aliphatic rings. The van der Waals surface area contributed by atoms with Gasteiger partial charge in [-0.25, -0.2) is 4.98 Å². The van der Waals surface area contributed by atoms with Crippen molar-refractivity contribution in [1.82, 2.24) is 4.98 Å². The van der Waals surface area contributed by atoms with Crippen LogP contribution in [0.5, 0.6) is 5.75 Å². The van der Waals surface area contributed by atoms with Crippen LogP contribution in [0.25, 0.3) is 0 Å². The highest BCUT2D eigenvalue weighted by molar-refractivity contribution is 8.00. The Labute approximate surface area is 94.6 Å². The maximum Gasteiger partial charge on any atom is 0.168 e. The number of nitrogens with one attached hydrogen (secondary N) is 1. The Hall–Kier alpha value is -0.900. The predicted octanol–water partition coefficient (Wildman–Crippen LogP) is 2.40. The van der Waals surface area contributed by atoms with E-state index in [-0.39, 0.29) is 0 Å². The summed E-state index contributed by atoms with van der Waals surface area (Å²) in [5.41, 5.74) is 0. The average Bonchev–Trinajstić information content (AvgIpc) is 3.07. The summed E-state index contributed by atoms with van der Waals surface area (Å²) in [6.45, 7) is 0.974. The SMILES string of the molecule is COc1cccnc1NCC1(SC)CC1. The molecule has 1 fully saturated rings. The summed E-state index contributed by atoms with van der Waals surface area (Å²) >= 11 is 1.94. The third-order valence-corrected chi connectivity index (χ3v) is 4.23. The largest absolute Gasteiger partial charge is 0.493 e. The highest BCUT2D eigenvalue weighted by Gasteiger charge is 2.41. The van der Waals surface area contributed by atoms with E-state index >= 15 is 0 Å². The van der Waals surface area contributed by atoms with Crippen LogP contribution >= 0.6 is 11.8 Å². The Morgan fingerprint density at radius 1 is 1.60 bits per heavy atom. The third kappa shape index (κ3) is 2.37. The Balaban J connectivity index is 1.98. The molecule has 0 bridgehead atoms. The Kier molecular flexibility index (Phi) is 3.05. The molecule has 0 radical (unpaired) electrons. The Morgan fingerprint density at radius 3 is 3.00 bits per heavy atom. The van der Waals surface area contributed by atoms with Gasteiger partial charge in [0.1, 0.15) is 0 Å². The fourth-order valence-electron chi connectivity index (χ4n) is 1.53. The molecule has 1 N–H and O–H groups in total. The van der Waals surface area contributed by atoms with Gasteiger partial charge in [-0.15, -0.1) is 0 Å². The van der Waals surface area contributed by atoms with Gasteiger partial charge >= 0.3 is 0 Å². The number of methoxy groups -OCH3 is 1. The molecular weight excluding hydrogens is 208 g/mol. The van der Waals surface area contributed by atoms with Gasteiger partial charge in [0.2, 0.25) is 0 Å². The van der Waals surface area contributed by atoms with E-state index < -0.39 is 0 Å². The summed E-state index contributed by atoms with van der Waals surface area (Å²) < 4.78 is 5.68. The molecule has 3 nitrogen and oxygen atoms in total. The summed E-state index contributed by atoms with van der Waals surface area (Å²) in [5, 5.41) is 3.36. The van der Waals surface area contributed by atoms with Gasteiger partial charge in [-0.05, 0) is 31.2 Å². The lowest BCUT2D eigenvalue weighted by Crippen LogP contribution is -2.18. The third-order valence-electron chi connectivity index (χ3n) is 2.81. The highest BCUT2D eigenvalue weighted by atomic mass is 32.2. The van der Waals surface area contributed by atoms with Crippen LogP contribution in [0.4, 0.5) is 5.82 Å². The lowest BCUT2D eigenvalue weighted by atomic mass is 10.3. The van der Waals surface area contributed by atoms with Crippen LogP contribution in [-0.4, -0.2) is 29.6 Å². The summed E-state index contributed by atoms with van der Waals surface area (Å²) in [5.74, 6) is 1.66. The topological polar surface area (TPSA) is 34.1 Å². The molecule has 4 heteroatoms. The minimum Gasteiger partial charge on any atom is -0.493 e. The lowest BCUT2D eigenvalue weighted by molar-refractivity contribution is 0.415. The quantitative estimate of drug-likeness (QED) is 0.832. The second kappa shape index (κ2) is 4.31. The lowest BCUT2D eigenvalue weighted by Gasteiger charge is -2.15. The number of aromatic nitrogens is 1. The van der Waals surface area contributed by atoms with Crippen molar-refractivity contribution < 1.29 is 4.74 Å². The van der Waals surface area contributed by atoms with Gasteiger partial charge in [0.15, 0.2) is 11.6 Å². The first-order chi connectivity index (χ1) is 7.29. The van der Waals surface area contributed by atoms with E-state index in [9.17, 15) is 0 Å². The molecule has 0 spiro atoms. The molecule has 15 heavy (non-hydrogen) atoms. The van der Waals surface area contributed by atoms with Crippen molar-refractivity contribution in [3.63, 3.8) is 0 Å². The van der Waals surface area contributed by atoms with Gasteiger partial charge in [-0.1, -0.05) is 0 Å². The molecule has 1 aliphatic carbocycles. The zero-order chi connectivity index (χ0) is 10.7. The van der Waals surface area contributed by atoms with Gasteiger partial charge in [0.05, 0.1) is 7.11 Å². The maximum atomic E-state index is 5.23. The molecule has 0 aliphatic heterocycles. The van der Waals surface area contributed by atoms with Crippen LogP contribution in [0.2, 0.25) is 0 Å². The standard InChI is InChI=1S/C11H16N2OS/c1-14-9-4-3-7-12-10(9)13-8-11(15-2)5-6-11/h3-4,7H,5-6,8H2,1-2H3,(H,12,13). The van der Waals surface area contributed by atoms with Crippen molar-refractivity contribution in [1.29, 1.82) is 0 Å². The minimum atomic E-state index is 0.447. The molecule has 0 amide bonds. The van der Waals surface area contributed by atoms with E-state index in [4.69, 9.17) is 4.74 Å². The minimum absolute atomic E-state index is 0.447. The van der Waals surface area contributed by atoms with Crippen molar-refractivity contribution in [3.05, 3.63) is 18.3 Å². The average molecular weight is 224 g/mol. The number of pyridine rings is 1. The monoisotopic (exact) mass is 224 g/mol. The highest BCUT2D eigenvalue weighted by Crippen LogP contribution is 2.47. The van der Waals surface area contributed by atoms with E-state index in [0.717, 1.165) is 18.1 Å². The number of nitrogens with zero attached hydrogens (tertiary/aromatic N) is 1. The molecule has 2 rings (SSSR count). The van der Waals surface area contributed by atoms with Gasteiger partial charge in [-0.2, -0.15) is 11.8 Å². The molecule has 0 aromatic carbocycles. The van der Waals surface area contributed by atoms with E-state index in [1.54, 1.807) is 13.3 Å². The van der Waals surface area contributed by atoms with Crippen molar-refractivity contribution in [2.45, 2.75) is 17.6 Å². The van der Waals surface area contributed by atoms with Crippen LogP contribution in [0.1, 0.15) is 12.8 Å². The summed E-state index contributed by atoms with van der Waals surface area (Å²) in [7, 11) is 1.67. The first kappa shape index (κ1) is 10.6. The van der Waals surface area contributed by atoms with Crippen LogP contribution in [0.3, 0.4) is 0 Å². The van der Waals surface area contributed by atoms with E-state index in [1.807, 2.05) is 23.9 Å². The number of ether oxygens (including phenoxy) is 1. The summed E-state index contributed by atoms with van der Waals surface area (Å²) in [4.78, 5) is 4.27. The smallest absolute Gasteiger partial charge is 0.168 e.